The second-order valence-electron chi connectivity index (χ2n) is 6.28. The summed E-state index contributed by atoms with van der Waals surface area (Å²) in [5.41, 5.74) is 5.13. The summed E-state index contributed by atoms with van der Waals surface area (Å²) in [6.45, 7) is 2.09. The maximum absolute atomic E-state index is 12.2. The molecule has 0 aliphatic heterocycles. The van der Waals surface area contributed by atoms with Crippen LogP contribution in [0.2, 0.25) is 0 Å². The summed E-state index contributed by atoms with van der Waals surface area (Å²) in [7, 11) is 0. The summed E-state index contributed by atoms with van der Waals surface area (Å²) in [6.07, 6.45) is 0.375. The molecule has 0 aliphatic carbocycles. The summed E-state index contributed by atoms with van der Waals surface area (Å²) in [5, 5.41) is 3.94. The molecule has 128 valence electrons. The highest BCUT2D eigenvalue weighted by atomic mass is 32.1. The molecule has 0 atom stereocenters. The minimum atomic E-state index is -0.0144. The predicted octanol–water partition coefficient (Wildman–Crippen LogP) is 5.45. The molecular weight excluding hydrogens is 340 g/mol. The Balaban J connectivity index is 1.48. The fourth-order valence-corrected chi connectivity index (χ4v) is 3.91. The van der Waals surface area contributed by atoms with Crippen LogP contribution in [0.1, 0.15) is 11.1 Å². The van der Waals surface area contributed by atoms with Crippen LogP contribution in [0.25, 0.3) is 20.8 Å². The average Bonchev–Trinajstić information content (AvgIpc) is 3.06. The van der Waals surface area contributed by atoms with Crippen molar-refractivity contribution in [2.75, 3.05) is 5.32 Å². The number of amides is 1. The van der Waals surface area contributed by atoms with Crippen LogP contribution in [0, 0.1) is 6.92 Å². The van der Waals surface area contributed by atoms with Crippen molar-refractivity contribution in [3.63, 3.8) is 0 Å². The van der Waals surface area contributed by atoms with E-state index in [1.165, 1.54) is 10.3 Å². The summed E-state index contributed by atoms with van der Waals surface area (Å²) < 4.78 is 1.19. The lowest BCUT2D eigenvalue weighted by Crippen LogP contribution is -2.14. The van der Waals surface area contributed by atoms with Gasteiger partial charge in [-0.15, -0.1) is 11.3 Å². The standard InChI is InChI=1S/C22H18N2OS/c1-15-7-12-19-20(13-15)26-22(24-19)17-8-10-18(11-9-17)23-21(25)14-16-5-3-2-4-6-16/h2-13H,14H2,1H3,(H,23,25). The first kappa shape index (κ1) is 16.5. The number of thiazole rings is 1. The largest absolute Gasteiger partial charge is 0.326 e. The third-order valence-electron chi connectivity index (χ3n) is 4.17. The Hall–Kier alpha value is -2.98. The molecule has 1 N–H and O–H groups in total. The number of hydrogen-bond acceptors (Lipinski definition) is 3. The summed E-state index contributed by atoms with van der Waals surface area (Å²) >= 11 is 1.69. The zero-order valence-corrected chi connectivity index (χ0v) is 15.2. The normalized spacial score (nSPS) is 10.8. The van der Waals surface area contributed by atoms with E-state index in [0.717, 1.165) is 27.3 Å². The lowest BCUT2D eigenvalue weighted by atomic mass is 10.1. The smallest absolute Gasteiger partial charge is 0.228 e. The van der Waals surface area contributed by atoms with E-state index in [1.807, 2.05) is 54.6 Å². The van der Waals surface area contributed by atoms with E-state index in [9.17, 15) is 4.79 Å². The molecule has 0 spiro atoms. The third kappa shape index (κ3) is 3.65. The number of rotatable bonds is 4. The predicted molar refractivity (Wildman–Crippen MR) is 109 cm³/mol. The average molecular weight is 358 g/mol. The lowest BCUT2D eigenvalue weighted by Gasteiger charge is -2.06. The molecule has 4 heteroatoms. The van der Waals surface area contributed by atoms with Crippen molar-refractivity contribution in [1.29, 1.82) is 0 Å². The molecule has 3 aromatic carbocycles. The van der Waals surface area contributed by atoms with Crippen LogP contribution in [0.3, 0.4) is 0 Å². The molecule has 0 fully saturated rings. The SMILES string of the molecule is Cc1ccc2nc(-c3ccc(NC(=O)Cc4ccccc4)cc3)sc2c1. The molecule has 1 aromatic heterocycles. The molecule has 0 bridgehead atoms. The van der Waals surface area contributed by atoms with Crippen LogP contribution < -0.4 is 5.32 Å². The number of anilines is 1. The number of nitrogens with zero attached hydrogens (tertiary/aromatic N) is 1. The number of hydrogen-bond donors (Lipinski definition) is 1. The van der Waals surface area contributed by atoms with Gasteiger partial charge >= 0.3 is 0 Å². The van der Waals surface area contributed by atoms with Crippen molar-refractivity contribution >= 4 is 33.1 Å². The molecule has 0 aliphatic rings. The number of aryl methyl sites for hydroxylation is 1. The third-order valence-corrected chi connectivity index (χ3v) is 5.23. The van der Waals surface area contributed by atoms with E-state index >= 15 is 0 Å². The highest BCUT2D eigenvalue weighted by Gasteiger charge is 2.08. The van der Waals surface area contributed by atoms with Gasteiger partial charge in [0.2, 0.25) is 5.91 Å². The first-order valence-electron chi connectivity index (χ1n) is 8.49. The van der Waals surface area contributed by atoms with E-state index < -0.39 is 0 Å². The van der Waals surface area contributed by atoms with E-state index in [0.29, 0.717) is 6.42 Å². The number of carbonyl (C=O) groups is 1. The Morgan fingerprint density at radius 1 is 1.00 bits per heavy atom. The van der Waals surface area contributed by atoms with E-state index in [2.05, 4.69) is 30.4 Å². The van der Waals surface area contributed by atoms with Gasteiger partial charge in [0.05, 0.1) is 16.6 Å². The number of carbonyl (C=O) groups excluding carboxylic acids is 1. The van der Waals surface area contributed by atoms with Gasteiger partial charge in [-0.25, -0.2) is 4.98 Å². The van der Waals surface area contributed by atoms with Crippen LogP contribution in [0.15, 0.2) is 72.8 Å². The van der Waals surface area contributed by atoms with Crippen LogP contribution in [-0.2, 0) is 11.2 Å². The second-order valence-corrected chi connectivity index (χ2v) is 7.31. The second kappa shape index (κ2) is 7.10. The minimum Gasteiger partial charge on any atom is -0.326 e. The molecule has 4 rings (SSSR count). The number of benzene rings is 3. The van der Waals surface area contributed by atoms with Crippen molar-refractivity contribution in [2.45, 2.75) is 13.3 Å². The highest BCUT2D eigenvalue weighted by Crippen LogP contribution is 2.31. The maximum atomic E-state index is 12.2. The van der Waals surface area contributed by atoms with Gasteiger partial charge in [0, 0.05) is 11.3 Å². The summed E-state index contributed by atoms with van der Waals surface area (Å²) in [5.74, 6) is -0.0144. The molecule has 1 amide bonds. The first-order chi connectivity index (χ1) is 12.7. The zero-order valence-electron chi connectivity index (χ0n) is 14.4. The lowest BCUT2D eigenvalue weighted by molar-refractivity contribution is -0.115. The summed E-state index contributed by atoms with van der Waals surface area (Å²) in [4.78, 5) is 16.9. The molecule has 26 heavy (non-hydrogen) atoms. The fourth-order valence-electron chi connectivity index (χ4n) is 2.84. The minimum absolute atomic E-state index is 0.0144. The highest BCUT2D eigenvalue weighted by molar-refractivity contribution is 7.21. The van der Waals surface area contributed by atoms with Crippen LogP contribution in [0.5, 0.6) is 0 Å². The van der Waals surface area contributed by atoms with Crippen molar-refractivity contribution in [1.82, 2.24) is 4.98 Å². The first-order valence-corrected chi connectivity index (χ1v) is 9.30. The van der Waals surface area contributed by atoms with Gasteiger partial charge in [-0.2, -0.15) is 0 Å². The van der Waals surface area contributed by atoms with Crippen molar-refractivity contribution in [2.24, 2.45) is 0 Å². The molecule has 3 nitrogen and oxygen atoms in total. The molecule has 4 aromatic rings. The monoisotopic (exact) mass is 358 g/mol. The van der Waals surface area contributed by atoms with Crippen LogP contribution >= 0.6 is 11.3 Å². The van der Waals surface area contributed by atoms with Crippen LogP contribution in [0.4, 0.5) is 5.69 Å². The van der Waals surface area contributed by atoms with Crippen molar-refractivity contribution < 1.29 is 4.79 Å². The topological polar surface area (TPSA) is 42.0 Å². The molecular formula is C22H18N2OS. The van der Waals surface area contributed by atoms with Gasteiger partial charge in [-0.1, -0.05) is 36.4 Å². The Labute approximate surface area is 156 Å². The van der Waals surface area contributed by atoms with Crippen molar-refractivity contribution in [3.05, 3.63) is 83.9 Å². The van der Waals surface area contributed by atoms with Gasteiger partial charge in [-0.3, -0.25) is 4.79 Å². The van der Waals surface area contributed by atoms with Gasteiger partial charge in [0.25, 0.3) is 0 Å². The molecule has 0 radical (unpaired) electrons. The molecule has 0 unspecified atom stereocenters. The van der Waals surface area contributed by atoms with Gasteiger partial charge in [-0.05, 0) is 54.4 Å². The van der Waals surface area contributed by atoms with Crippen molar-refractivity contribution in [3.8, 4) is 10.6 Å². The number of aromatic nitrogens is 1. The quantitative estimate of drug-likeness (QED) is 0.527. The van der Waals surface area contributed by atoms with Gasteiger partial charge in [0.1, 0.15) is 5.01 Å². The van der Waals surface area contributed by atoms with E-state index in [4.69, 9.17) is 4.98 Å². The maximum Gasteiger partial charge on any atom is 0.228 e. The Morgan fingerprint density at radius 3 is 2.54 bits per heavy atom. The Bertz CT molecular complexity index is 1050. The summed E-state index contributed by atoms with van der Waals surface area (Å²) in [6, 6.07) is 23.9. The molecule has 1 heterocycles. The molecule has 0 saturated heterocycles. The van der Waals surface area contributed by atoms with Gasteiger partial charge < -0.3 is 5.32 Å². The Morgan fingerprint density at radius 2 is 1.77 bits per heavy atom. The Kier molecular flexibility index (Phi) is 4.50. The van der Waals surface area contributed by atoms with Gasteiger partial charge in [0.15, 0.2) is 0 Å². The number of fused-ring (bicyclic) bond motifs is 1. The zero-order chi connectivity index (χ0) is 17.9. The molecule has 0 saturated carbocycles. The fraction of sp³-hybridized carbons (Fsp3) is 0.0909. The number of nitrogens with one attached hydrogen (secondary N) is 1. The van der Waals surface area contributed by atoms with Crippen LogP contribution in [-0.4, -0.2) is 10.9 Å². The van der Waals surface area contributed by atoms with E-state index in [-0.39, 0.29) is 5.91 Å². The van der Waals surface area contributed by atoms with E-state index in [1.54, 1.807) is 11.3 Å².